The van der Waals surface area contributed by atoms with E-state index in [0.29, 0.717) is 19.6 Å². The van der Waals surface area contributed by atoms with Crippen LogP contribution in [0.5, 0.6) is 0 Å². The molecule has 1 N–H and O–H groups in total. The standard InChI is InChI=1S/C12H20O5/c1-4-5-9(11(14)15-3)10(13)8-12(2)16-6-7-17-12/h4,9-10,13H,1,5-8H2,2-3H3/t9-,10-/m1/s1. The van der Waals surface area contributed by atoms with Crippen LogP contribution in [0.25, 0.3) is 0 Å². The van der Waals surface area contributed by atoms with E-state index in [-0.39, 0.29) is 6.42 Å². The number of aliphatic hydroxyl groups excluding tert-OH is 1. The van der Waals surface area contributed by atoms with Crippen molar-refractivity contribution in [2.24, 2.45) is 5.92 Å². The van der Waals surface area contributed by atoms with Crippen molar-refractivity contribution in [3.05, 3.63) is 12.7 Å². The Balaban J connectivity index is 2.60. The third-order valence-corrected chi connectivity index (χ3v) is 2.87. The van der Waals surface area contributed by atoms with Crippen molar-refractivity contribution in [2.75, 3.05) is 20.3 Å². The second kappa shape index (κ2) is 6.14. The Kier molecular flexibility index (Phi) is 5.11. The number of aliphatic hydroxyl groups is 1. The molecule has 5 nitrogen and oxygen atoms in total. The smallest absolute Gasteiger partial charge is 0.311 e. The zero-order chi connectivity index (χ0) is 12.9. The van der Waals surface area contributed by atoms with Gasteiger partial charge >= 0.3 is 5.97 Å². The molecule has 0 radical (unpaired) electrons. The second-order valence-electron chi connectivity index (χ2n) is 4.26. The van der Waals surface area contributed by atoms with Crippen LogP contribution >= 0.6 is 0 Å². The van der Waals surface area contributed by atoms with E-state index < -0.39 is 23.8 Å². The van der Waals surface area contributed by atoms with Gasteiger partial charge in [-0.05, 0) is 13.3 Å². The Morgan fingerprint density at radius 3 is 2.65 bits per heavy atom. The lowest BCUT2D eigenvalue weighted by molar-refractivity contribution is -0.174. The van der Waals surface area contributed by atoms with Gasteiger partial charge in [-0.3, -0.25) is 4.79 Å². The summed E-state index contributed by atoms with van der Waals surface area (Å²) in [6.07, 6.45) is 1.32. The van der Waals surface area contributed by atoms with E-state index in [1.165, 1.54) is 7.11 Å². The number of allylic oxidation sites excluding steroid dienone is 1. The van der Waals surface area contributed by atoms with Crippen LogP contribution in [0.2, 0.25) is 0 Å². The number of hydrogen-bond acceptors (Lipinski definition) is 5. The number of methoxy groups -OCH3 is 1. The maximum Gasteiger partial charge on any atom is 0.311 e. The van der Waals surface area contributed by atoms with Gasteiger partial charge in [-0.15, -0.1) is 6.58 Å². The molecule has 5 heteroatoms. The van der Waals surface area contributed by atoms with E-state index in [0.717, 1.165) is 0 Å². The van der Waals surface area contributed by atoms with Gasteiger partial charge in [-0.2, -0.15) is 0 Å². The molecule has 0 unspecified atom stereocenters. The molecular weight excluding hydrogens is 224 g/mol. The molecule has 0 aromatic carbocycles. The summed E-state index contributed by atoms with van der Waals surface area (Å²) in [4.78, 5) is 11.5. The fourth-order valence-electron chi connectivity index (χ4n) is 1.94. The summed E-state index contributed by atoms with van der Waals surface area (Å²) < 4.78 is 15.4. The predicted octanol–water partition coefficient (Wildman–Crippen LogP) is 0.866. The number of ether oxygens (including phenoxy) is 3. The van der Waals surface area contributed by atoms with Crippen molar-refractivity contribution >= 4 is 5.97 Å². The molecule has 0 saturated carbocycles. The monoisotopic (exact) mass is 244 g/mol. The van der Waals surface area contributed by atoms with Crippen molar-refractivity contribution in [3.8, 4) is 0 Å². The van der Waals surface area contributed by atoms with E-state index in [4.69, 9.17) is 9.47 Å². The lowest BCUT2D eigenvalue weighted by Crippen LogP contribution is -2.37. The highest BCUT2D eigenvalue weighted by Crippen LogP contribution is 2.28. The SMILES string of the molecule is C=CC[C@@H](C(=O)OC)[C@H](O)CC1(C)OCCO1. The summed E-state index contributed by atoms with van der Waals surface area (Å²) in [5.41, 5.74) is 0. The van der Waals surface area contributed by atoms with Crippen molar-refractivity contribution in [1.29, 1.82) is 0 Å². The average Bonchev–Trinajstić information content (AvgIpc) is 2.71. The number of hydrogen-bond donors (Lipinski definition) is 1. The van der Waals surface area contributed by atoms with Crippen LogP contribution < -0.4 is 0 Å². The quantitative estimate of drug-likeness (QED) is 0.554. The first kappa shape index (κ1) is 14.2. The van der Waals surface area contributed by atoms with Gasteiger partial charge in [0.15, 0.2) is 5.79 Å². The van der Waals surface area contributed by atoms with Crippen molar-refractivity contribution in [2.45, 2.75) is 31.7 Å². The lowest BCUT2D eigenvalue weighted by atomic mass is 9.93. The normalized spacial score (nSPS) is 21.8. The van der Waals surface area contributed by atoms with Crippen molar-refractivity contribution in [1.82, 2.24) is 0 Å². The van der Waals surface area contributed by atoms with Gasteiger partial charge in [0.2, 0.25) is 0 Å². The van der Waals surface area contributed by atoms with Gasteiger partial charge in [-0.1, -0.05) is 6.08 Å². The Hall–Kier alpha value is -0.910. The Morgan fingerprint density at radius 2 is 2.18 bits per heavy atom. The van der Waals surface area contributed by atoms with Crippen LogP contribution in [0.1, 0.15) is 19.8 Å². The second-order valence-corrected chi connectivity index (χ2v) is 4.26. The number of esters is 1. The van der Waals surface area contributed by atoms with E-state index in [1.54, 1.807) is 13.0 Å². The predicted molar refractivity (Wildman–Crippen MR) is 61.3 cm³/mol. The van der Waals surface area contributed by atoms with Crippen LogP contribution in [0.15, 0.2) is 12.7 Å². The first-order chi connectivity index (χ1) is 8.02. The van der Waals surface area contributed by atoms with E-state index >= 15 is 0 Å². The fraction of sp³-hybridized carbons (Fsp3) is 0.750. The van der Waals surface area contributed by atoms with Crippen LogP contribution in [0, 0.1) is 5.92 Å². The third kappa shape index (κ3) is 3.80. The maximum absolute atomic E-state index is 11.5. The third-order valence-electron chi connectivity index (χ3n) is 2.87. The molecule has 1 heterocycles. The fourth-order valence-corrected chi connectivity index (χ4v) is 1.94. The van der Waals surface area contributed by atoms with E-state index in [1.807, 2.05) is 0 Å². The Morgan fingerprint density at radius 1 is 1.59 bits per heavy atom. The van der Waals surface area contributed by atoms with Gasteiger partial charge in [-0.25, -0.2) is 0 Å². The number of carbonyl (C=O) groups excluding carboxylic acids is 1. The van der Waals surface area contributed by atoms with Gasteiger partial charge in [0.1, 0.15) is 0 Å². The first-order valence-electron chi connectivity index (χ1n) is 5.67. The molecule has 17 heavy (non-hydrogen) atoms. The Labute approximate surface area is 101 Å². The van der Waals surface area contributed by atoms with Crippen LogP contribution in [0.3, 0.4) is 0 Å². The molecule has 0 aliphatic carbocycles. The topological polar surface area (TPSA) is 65.0 Å². The molecule has 1 aliphatic heterocycles. The molecule has 98 valence electrons. The minimum atomic E-state index is -0.872. The highest BCUT2D eigenvalue weighted by atomic mass is 16.7. The van der Waals surface area contributed by atoms with Gasteiger partial charge in [0.25, 0.3) is 0 Å². The molecule has 1 fully saturated rings. The average molecular weight is 244 g/mol. The number of carbonyl (C=O) groups is 1. The molecule has 0 amide bonds. The summed E-state index contributed by atoms with van der Waals surface area (Å²) in [5, 5.41) is 10.1. The summed E-state index contributed by atoms with van der Waals surface area (Å²) in [7, 11) is 1.30. The summed E-state index contributed by atoms with van der Waals surface area (Å²) in [6.45, 7) is 6.34. The van der Waals surface area contributed by atoms with Crippen molar-refractivity contribution < 1.29 is 24.1 Å². The highest BCUT2D eigenvalue weighted by Gasteiger charge is 2.38. The number of rotatable bonds is 6. The summed E-state index contributed by atoms with van der Waals surface area (Å²) in [5.74, 6) is -1.88. The van der Waals surface area contributed by atoms with E-state index in [2.05, 4.69) is 11.3 Å². The molecule has 0 aromatic rings. The van der Waals surface area contributed by atoms with Gasteiger partial charge in [0, 0.05) is 6.42 Å². The molecule has 1 rings (SSSR count). The van der Waals surface area contributed by atoms with Gasteiger partial charge in [0.05, 0.1) is 32.3 Å². The van der Waals surface area contributed by atoms with Gasteiger partial charge < -0.3 is 19.3 Å². The minimum Gasteiger partial charge on any atom is -0.469 e. The Bertz CT molecular complexity index is 270. The van der Waals surface area contributed by atoms with Crippen LogP contribution in [0.4, 0.5) is 0 Å². The molecule has 1 saturated heterocycles. The molecule has 0 bridgehead atoms. The molecule has 0 aromatic heterocycles. The molecule has 2 atom stereocenters. The first-order valence-corrected chi connectivity index (χ1v) is 5.67. The zero-order valence-corrected chi connectivity index (χ0v) is 10.3. The molecular formula is C12H20O5. The van der Waals surface area contributed by atoms with E-state index in [9.17, 15) is 9.90 Å². The maximum atomic E-state index is 11.5. The minimum absolute atomic E-state index is 0.237. The largest absolute Gasteiger partial charge is 0.469 e. The van der Waals surface area contributed by atoms with Crippen molar-refractivity contribution in [3.63, 3.8) is 0 Å². The molecule has 0 spiro atoms. The lowest BCUT2D eigenvalue weighted by Gasteiger charge is -2.28. The zero-order valence-electron chi connectivity index (χ0n) is 10.3. The summed E-state index contributed by atoms with van der Waals surface area (Å²) in [6, 6.07) is 0. The highest BCUT2D eigenvalue weighted by molar-refractivity contribution is 5.73. The van der Waals surface area contributed by atoms with Crippen LogP contribution in [-0.4, -0.2) is 43.3 Å². The molecule has 1 aliphatic rings. The van der Waals surface area contributed by atoms with Crippen LogP contribution in [-0.2, 0) is 19.0 Å². The summed E-state index contributed by atoms with van der Waals surface area (Å²) >= 11 is 0.